The van der Waals surface area contributed by atoms with E-state index in [0.29, 0.717) is 25.1 Å². The number of aliphatic hydroxyl groups excluding tert-OH is 1. The van der Waals surface area contributed by atoms with E-state index in [1.807, 2.05) is 50.2 Å². The maximum atomic E-state index is 13.2. The van der Waals surface area contributed by atoms with E-state index in [9.17, 15) is 14.7 Å². The summed E-state index contributed by atoms with van der Waals surface area (Å²) in [4.78, 5) is 27.8. The van der Waals surface area contributed by atoms with Crippen molar-refractivity contribution in [1.29, 1.82) is 0 Å². The number of nitrogens with zero attached hydrogens (tertiary/aromatic N) is 1. The zero-order valence-corrected chi connectivity index (χ0v) is 22.4. The lowest BCUT2D eigenvalue weighted by atomic mass is 9.84. The zero-order valence-electron chi connectivity index (χ0n) is 22.4. The van der Waals surface area contributed by atoms with Crippen LogP contribution in [0.5, 0.6) is 5.75 Å². The molecule has 35 heavy (non-hydrogen) atoms. The van der Waals surface area contributed by atoms with E-state index in [4.69, 9.17) is 4.74 Å². The van der Waals surface area contributed by atoms with E-state index in [2.05, 4.69) is 41.5 Å². The third-order valence-electron chi connectivity index (χ3n) is 6.46. The number of benzene rings is 2. The van der Waals surface area contributed by atoms with Gasteiger partial charge in [0.05, 0.1) is 18.2 Å². The van der Waals surface area contributed by atoms with Crippen LogP contribution in [-0.4, -0.2) is 34.8 Å². The van der Waals surface area contributed by atoms with Crippen molar-refractivity contribution in [3.8, 4) is 5.75 Å². The molecule has 0 aliphatic carbocycles. The molecule has 1 aliphatic rings. The highest BCUT2D eigenvalue weighted by molar-refractivity contribution is 6.46. The van der Waals surface area contributed by atoms with E-state index in [-0.39, 0.29) is 22.2 Å². The number of ether oxygens (including phenoxy) is 1. The molecule has 188 valence electrons. The lowest BCUT2D eigenvalue weighted by Crippen LogP contribution is -2.30. The number of carbonyl (C=O) groups excluding carboxylic acids is 2. The van der Waals surface area contributed by atoms with Gasteiger partial charge in [-0.2, -0.15) is 0 Å². The summed E-state index contributed by atoms with van der Waals surface area (Å²) in [6, 6.07) is 12.8. The molecule has 1 N–H and O–H groups in total. The molecule has 1 aliphatic heterocycles. The minimum absolute atomic E-state index is 0.0184. The molecule has 0 radical (unpaired) electrons. The number of hydrogen-bond acceptors (Lipinski definition) is 4. The largest absolute Gasteiger partial charge is 0.507 e. The second-order valence-corrected chi connectivity index (χ2v) is 11.3. The fourth-order valence-electron chi connectivity index (χ4n) is 4.56. The van der Waals surface area contributed by atoms with Crippen LogP contribution in [0.25, 0.3) is 5.76 Å². The van der Waals surface area contributed by atoms with Gasteiger partial charge in [0.15, 0.2) is 0 Å². The Labute approximate surface area is 209 Å². The molecule has 5 nitrogen and oxygen atoms in total. The number of aliphatic hydroxyl groups is 1. The second-order valence-electron chi connectivity index (χ2n) is 11.3. The van der Waals surface area contributed by atoms with Crippen LogP contribution in [-0.2, 0) is 20.4 Å². The van der Waals surface area contributed by atoms with Crippen LogP contribution in [0.4, 0.5) is 0 Å². The quantitative estimate of drug-likeness (QED) is 0.292. The average molecular weight is 478 g/mol. The third-order valence-corrected chi connectivity index (χ3v) is 6.46. The summed E-state index contributed by atoms with van der Waals surface area (Å²) in [5.74, 6) is -0.620. The van der Waals surface area contributed by atoms with E-state index in [1.54, 1.807) is 11.0 Å². The Morgan fingerprint density at radius 3 is 2.09 bits per heavy atom. The summed E-state index contributed by atoms with van der Waals surface area (Å²) in [7, 11) is 0. The third kappa shape index (κ3) is 5.29. The molecule has 0 saturated carbocycles. The molecule has 1 saturated heterocycles. The Morgan fingerprint density at radius 2 is 1.57 bits per heavy atom. The Bertz CT molecular complexity index is 1130. The van der Waals surface area contributed by atoms with Gasteiger partial charge < -0.3 is 14.7 Å². The van der Waals surface area contributed by atoms with Gasteiger partial charge in [-0.15, -0.1) is 0 Å². The molecule has 1 unspecified atom stereocenters. The van der Waals surface area contributed by atoms with Gasteiger partial charge in [0, 0.05) is 17.7 Å². The highest BCUT2D eigenvalue weighted by Gasteiger charge is 2.45. The van der Waals surface area contributed by atoms with Crippen molar-refractivity contribution >= 4 is 17.4 Å². The number of amides is 1. The number of Topliss-reactive ketones (excluding diaryl/α,β-unsaturated/α-hetero) is 1. The molecule has 1 amide bonds. The van der Waals surface area contributed by atoms with Gasteiger partial charge in [0.1, 0.15) is 11.5 Å². The van der Waals surface area contributed by atoms with Crippen LogP contribution in [0.1, 0.15) is 90.1 Å². The molecule has 0 aromatic heterocycles. The molecule has 1 atom stereocenters. The first kappa shape index (κ1) is 26.5. The van der Waals surface area contributed by atoms with Gasteiger partial charge in [-0.1, -0.05) is 72.7 Å². The van der Waals surface area contributed by atoms with Crippen LogP contribution in [0.3, 0.4) is 0 Å². The van der Waals surface area contributed by atoms with E-state index >= 15 is 0 Å². The number of ketones is 1. The minimum Gasteiger partial charge on any atom is -0.507 e. The van der Waals surface area contributed by atoms with Gasteiger partial charge >= 0.3 is 0 Å². The average Bonchev–Trinajstić information content (AvgIpc) is 3.03. The lowest BCUT2D eigenvalue weighted by molar-refractivity contribution is -0.139. The summed E-state index contributed by atoms with van der Waals surface area (Å²) >= 11 is 0. The predicted molar refractivity (Wildman–Crippen MR) is 141 cm³/mol. The van der Waals surface area contributed by atoms with Gasteiger partial charge in [-0.05, 0) is 53.5 Å². The summed E-state index contributed by atoms with van der Waals surface area (Å²) in [6.45, 7) is 17.5. The minimum atomic E-state index is -0.646. The fraction of sp³-hybridized carbons (Fsp3) is 0.467. The standard InChI is InChI=1S/C30H39NO4/c1-9-17-31-25(19-11-14-21(15-12-19)29(3,4)5)24(27(33)28(31)34)26(32)20-13-16-23(35-10-2)22(18-20)30(6,7)8/h11-16,18,25,32H,9-10,17H2,1-8H3/b26-24-. The molecule has 2 aromatic carbocycles. The van der Waals surface area contributed by atoms with E-state index in [0.717, 1.165) is 22.4 Å². The number of likely N-dealkylation sites (tertiary alicyclic amines) is 1. The number of carbonyl (C=O) groups is 2. The van der Waals surface area contributed by atoms with Gasteiger partial charge in [0.2, 0.25) is 0 Å². The van der Waals surface area contributed by atoms with E-state index < -0.39 is 17.7 Å². The zero-order chi connectivity index (χ0) is 26.1. The first-order valence-corrected chi connectivity index (χ1v) is 12.5. The topological polar surface area (TPSA) is 66.8 Å². The van der Waals surface area contributed by atoms with Crippen molar-refractivity contribution in [3.05, 3.63) is 70.3 Å². The summed E-state index contributed by atoms with van der Waals surface area (Å²) in [6.07, 6.45) is 0.709. The molecule has 0 bridgehead atoms. The Hall–Kier alpha value is -3.08. The molecular weight excluding hydrogens is 438 g/mol. The highest BCUT2D eigenvalue weighted by Crippen LogP contribution is 2.41. The van der Waals surface area contributed by atoms with Crippen LogP contribution in [0.15, 0.2) is 48.0 Å². The molecule has 1 heterocycles. The molecule has 1 fully saturated rings. The van der Waals surface area contributed by atoms with Crippen molar-refractivity contribution < 1.29 is 19.4 Å². The highest BCUT2D eigenvalue weighted by atomic mass is 16.5. The number of hydrogen-bond donors (Lipinski definition) is 1. The summed E-state index contributed by atoms with van der Waals surface area (Å²) in [5, 5.41) is 11.5. The lowest BCUT2D eigenvalue weighted by Gasteiger charge is -2.26. The molecular formula is C30H39NO4. The Kier molecular flexibility index (Phi) is 7.49. The van der Waals surface area contributed by atoms with Crippen molar-refractivity contribution in [2.24, 2.45) is 0 Å². The van der Waals surface area contributed by atoms with Crippen LogP contribution >= 0.6 is 0 Å². The second kappa shape index (κ2) is 9.88. The number of rotatable bonds is 6. The first-order valence-electron chi connectivity index (χ1n) is 12.5. The molecule has 3 rings (SSSR count). The molecule has 0 spiro atoms. The predicted octanol–water partition coefficient (Wildman–Crippen LogP) is 6.51. The van der Waals surface area contributed by atoms with Crippen LogP contribution in [0, 0.1) is 0 Å². The van der Waals surface area contributed by atoms with Crippen molar-refractivity contribution in [2.45, 2.75) is 78.7 Å². The summed E-state index contributed by atoms with van der Waals surface area (Å²) < 4.78 is 5.81. The van der Waals surface area contributed by atoms with Gasteiger partial charge in [-0.3, -0.25) is 9.59 Å². The van der Waals surface area contributed by atoms with Gasteiger partial charge in [-0.25, -0.2) is 0 Å². The van der Waals surface area contributed by atoms with Crippen LogP contribution < -0.4 is 4.74 Å². The monoisotopic (exact) mass is 477 g/mol. The van der Waals surface area contributed by atoms with Crippen molar-refractivity contribution in [2.75, 3.05) is 13.2 Å². The maximum Gasteiger partial charge on any atom is 0.295 e. The van der Waals surface area contributed by atoms with Gasteiger partial charge in [0.25, 0.3) is 11.7 Å². The SMILES string of the molecule is CCCN1C(=O)C(=O)/C(=C(\O)c2ccc(OCC)c(C(C)(C)C)c2)C1c1ccc(C(C)(C)C)cc1. The first-order chi connectivity index (χ1) is 16.3. The van der Waals surface area contributed by atoms with Crippen molar-refractivity contribution in [1.82, 2.24) is 4.90 Å². The normalized spacial score (nSPS) is 18.3. The molecule has 5 heteroatoms. The smallest absolute Gasteiger partial charge is 0.295 e. The van der Waals surface area contributed by atoms with Crippen LogP contribution in [0.2, 0.25) is 0 Å². The maximum absolute atomic E-state index is 13.2. The fourth-order valence-corrected chi connectivity index (χ4v) is 4.56. The molecule has 2 aromatic rings. The van der Waals surface area contributed by atoms with E-state index in [1.165, 1.54) is 0 Å². The Morgan fingerprint density at radius 1 is 0.943 bits per heavy atom. The Balaban J connectivity index is 2.20. The van der Waals surface area contributed by atoms with Crippen molar-refractivity contribution in [3.63, 3.8) is 0 Å². The summed E-state index contributed by atoms with van der Waals surface area (Å²) in [5.41, 5.74) is 3.29.